The monoisotopic (exact) mass is 582 g/mol. The molecule has 0 bridgehead atoms. The van der Waals surface area contributed by atoms with Crippen LogP contribution in [0.15, 0.2) is 48.5 Å². The summed E-state index contributed by atoms with van der Waals surface area (Å²) in [6.45, 7) is 3.49. The lowest BCUT2D eigenvalue weighted by Gasteiger charge is -2.27. The Balaban J connectivity index is 2.24. The van der Waals surface area contributed by atoms with Crippen molar-refractivity contribution in [2.24, 2.45) is 0 Å². The predicted octanol–water partition coefficient (Wildman–Crippen LogP) is 4.97. The maximum Gasteiger partial charge on any atom is 0.422 e. The maximum atomic E-state index is 16.4. The molecule has 0 radical (unpaired) electrons. The van der Waals surface area contributed by atoms with Gasteiger partial charge >= 0.3 is 22.3 Å². The molecule has 0 spiro atoms. The van der Waals surface area contributed by atoms with Crippen molar-refractivity contribution in [1.29, 1.82) is 0 Å². The zero-order chi connectivity index (χ0) is 29.0. The third-order valence-corrected chi connectivity index (χ3v) is 6.89. The number of fused-ring (bicyclic) bond motifs is 1. The molecule has 1 amide bonds. The Labute approximate surface area is 230 Å². The van der Waals surface area contributed by atoms with E-state index in [2.05, 4.69) is 4.74 Å². The first-order valence-electron chi connectivity index (χ1n) is 11.5. The molecule has 1 N–H and O–H groups in total. The lowest BCUT2D eigenvalue weighted by molar-refractivity contribution is -0.138. The van der Waals surface area contributed by atoms with Gasteiger partial charge < -0.3 is 18.9 Å². The second-order valence-electron chi connectivity index (χ2n) is 9.18. The Morgan fingerprint density at radius 2 is 1.72 bits per heavy atom. The summed E-state index contributed by atoms with van der Waals surface area (Å²) < 4.78 is 66.0. The van der Waals surface area contributed by atoms with Crippen LogP contribution in [0.1, 0.15) is 26.3 Å². The number of rotatable bonds is 9. The Morgan fingerprint density at radius 3 is 2.31 bits per heavy atom. The summed E-state index contributed by atoms with van der Waals surface area (Å²) in [5.74, 6) is -2.31. The van der Waals surface area contributed by atoms with Crippen LogP contribution in [0.5, 0.6) is 11.5 Å². The van der Waals surface area contributed by atoms with E-state index < -0.39 is 45.9 Å². The molecule has 0 fully saturated rings. The first-order chi connectivity index (χ1) is 18.3. The molecule has 0 aliphatic carbocycles. The Kier molecular flexibility index (Phi) is 9.13. The number of hydrogen-bond acceptors (Lipinski definition) is 8. The van der Waals surface area contributed by atoms with Crippen LogP contribution in [0.3, 0.4) is 0 Å². The quantitative estimate of drug-likeness (QED) is 0.351. The van der Waals surface area contributed by atoms with Gasteiger partial charge in [0.15, 0.2) is 5.82 Å². The van der Waals surface area contributed by atoms with E-state index in [-0.39, 0.29) is 33.9 Å². The fourth-order valence-corrected chi connectivity index (χ4v) is 4.89. The number of anilines is 1. The van der Waals surface area contributed by atoms with Crippen molar-refractivity contribution >= 4 is 50.3 Å². The zero-order valence-electron chi connectivity index (χ0n) is 21.9. The smallest absolute Gasteiger partial charge is 0.422 e. The van der Waals surface area contributed by atoms with Gasteiger partial charge in [-0.15, -0.1) is 0 Å². The second kappa shape index (κ2) is 12.0. The molecule has 13 heteroatoms. The van der Waals surface area contributed by atoms with E-state index in [0.29, 0.717) is 9.87 Å². The second-order valence-corrected chi connectivity index (χ2v) is 11.2. The lowest BCUT2D eigenvalue weighted by atomic mass is 10.1. The lowest BCUT2D eigenvalue weighted by Crippen LogP contribution is -2.48. The van der Waals surface area contributed by atoms with Crippen LogP contribution in [0.25, 0.3) is 10.8 Å². The average Bonchev–Trinajstić information content (AvgIpc) is 2.85. The summed E-state index contributed by atoms with van der Waals surface area (Å²) in [5.41, 5.74) is -1.03. The van der Waals surface area contributed by atoms with Crippen molar-refractivity contribution in [2.75, 3.05) is 25.1 Å². The van der Waals surface area contributed by atoms with Gasteiger partial charge in [-0.05, 0) is 43.9 Å². The van der Waals surface area contributed by atoms with Crippen molar-refractivity contribution in [2.45, 2.75) is 33.0 Å². The standard InChI is InChI=1S/C26H28ClFN2O8S/c1-26(2,3)38-25(32)29-39(33,34)30(14-20(31)36-5)24-19(37-15-16-9-7-6-8-10-16)13-17-11-12-18(35-4)22(27)21(17)23(24)28/h6-13H,14-15H2,1-5H3,(H,29,32). The van der Waals surface area contributed by atoms with Gasteiger partial charge in [-0.2, -0.15) is 8.42 Å². The van der Waals surface area contributed by atoms with Crippen molar-refractivity contribution < 1.29 is 41.3 Å². The molecule has 0 unspecified atom stereocenters. The largest absolute Gasteiger partial charge is 0.495 e. The number of halogens is 2. The molecule has 39 heavy (non-hydrogen) atoms. The van der Waals surface area contributed by atoms with Crippen LogP contribution in [0.2, 0.25) is 5.02 Å². The maximum absolute atomic E-state index is 16.4. The molecule has 0 atom stereocenters. The van der Waals surface area contributed by atoms with Crippen molar-refractivity contribution in [1.82, 2.24) is 4.72 Å². The van der Waals surface area contributed by atoms with E-state index in [1.165, 1.54) is 46.1 Å². The zero-order valence-corrected chi connectivity index (χ0v) is 23.5. The highest BCUT2D eigenvalue weighted by Gasteiger charge is 2.35. The van der Waals surface area contributed by atoms with Gasteiger partial charge in [0, 0.05) is 5.39 Å². The van der Waals surface area contributed by atoms with Gasteiger partial charge in [-0.1, -0.05) is 48.0 Å². The fourth-order valence-electron chi connectivity index (χ4n) is 3.51. The van der Waals surface area contributed by atoms with E-state index in [0.717, 1.165) is 7.11 Å². The summed E-state index contributed by atoms with van der Waals surface area (Å²) in [5, 5.41) is -0.0695. The van der Waals surface area contributed by atoms with Gasteiger partial charge in [0.2, 0.25) is 0 Å². The molecule has 10 nitrogen and oxygen atoms in total. The number of esters is 1. The van der Waals surface area contributed by atoms with Crippen molar-refractivity contribution in [3.8, 4) is 11.5 Å². The first-order valence-corrected chi connectivity index (χ1v) is 13.3. The first kappa shape index (κ1) is 29.8. The van der Waals surface area contributed by atoms with Gasteiger partial charge in [0.05, 0.1) is 19.2 Å². The minimum absolute atomic E-state index is 0.0751. The number of amides is 1. The summed E-state index contributed by atoms with van der Waals surface area (Å²) in [6.07, 6.45) is -1.34. The summed E-state index contributed by atoms with van der Waals surface area (Å²) in [7, 11) is -2.60. The third-order valence-electron chi connectivity index (χ3n) is 5.19. The highest BCUT2D eigenvalue weighted by Crippen LogP contribution is 2.43. The summed E-state index contributed by atoms with van der Waals surface area (Å²) in [4.78, 5) is 24.7. The van der Waals surface area contributed by atoms with Crippen LogP contribution in [0, 0.1) is 5.82 Å². The van der Waals surface area contributed by atoms with E-state index >= 15 is 4.39 Å². The number of ether oxygens (including phenoxy) is 4. The molecule has 0 saturated carbocycles. The van der Waals surface area contributed by atoms with Crippen molar-refractivity contribution in [3.63, 3.8) is 0 Å². The molecule has 0 aliphatic rings. The van der Waals surface area contributed by atoms with Crippen LogP contribution >= 0.6 is 11.6 Å². The van der Waals surface area contributed by atoms with Crippen LogP contribution in [0.4, 0.5) is 14.9 Å². The number of benzene rings is 3. The number of carbonyl (C=O) groups is 2. The normalized spacial score (nSPS) is 11.6. The van der Waals surface area contributed by atoms with Crippen LogP contribution < -0.4 is 18.5 Å². The number of methoxy groups -OCH3 is 2. The topological polar surface area (TPSA) is 120 Å². The number of nitrogens with zero attached hydrogens (tertiary/aromatic N) is 1. The Bertz CT molecular complexity index is 1480. The fraction of sp³-hybridized carbons (Fsp3) is 0.308. The molecule has 210 valence electrons. The van der Waals surface area contributed by atoms with E-state index in [1.54, 1.807) is 35.1 Å². The Morgan fingerprint density at radius 1 is 1.05 bits per heavy atom. The summed E-state index contributed by atoms with van der Waals surface area (Å²) >= 11 is 6.40. The minimum Gasteiger partial charge on any atom is -0.495 e. The molecule has 0 aliphatic heterocycles. The molecule has 0 heterocycles. The number of carbonyl (C=O) groups excluding carboxylic acids is 2. The molecule has 0 saturated heterocycles. The van der Waals surface area contributed by atoms with E-state index in [4.69, 9.17) is 25.8 Å². The van der Waals surface area contributed by atoms with Gasteiger partial charge in [0.1, 0.15) is 35.9 Å². The molecule has 3 aromatic rings. The highest BCUT2D eigenvalue weighted by atomic mass is 35.5. The third kappa shape index (κ3) is 7.21. The number of hydrogen-bond donors (Lipinski definition) is 1. The molecular weight excluding hydrogens is 555 g/mol. The van der Waals surface area contributed by atoms with E-state index in [1.807, 2.05) is 0 Å². The predicted molar refractivity (Wildman–Crippen MR) is 144 cm³/mol. The van der Waals surface area contributed by atoms with Crippen LogP contribution in [-0.2, 0) is 31.1 Å². The highest BCUT2D eigenvalue weighted by molar-refractivity contribution is 7.91. The van der Waals surface area contributed by atoms with E-state index in [9.17, 15) is 18.0 Å². The SMILES string of the molecule is COC(=O)CN(c1c(OCc2ccccc2)cc2ccc(OC)c(Cl)c2c1F)S(=O)(=O)NC(=O)OC(C)(C)C. The molecule has 3 aromatic carbocycles. The van der Waals surface area contributed by atoms with Crippen molar-refractivity contribution in [3.05, 3.63) is 64.9 Å². The van der Waals surface area contributed by atoms with Gasteiger partial charge in [-0.25, -0.2) is 18.2 Å². The average molecular weight is 583 g/mol. The molecule has 0 aromatic heterocycles. The van der Waals surface area contributed by atoms with Gasteiger partial charge in [0.25, 0.3) is 0 Å². The Hall–Kier alpha value is -3.77. The number of nitrogens with one attached hydrogen (secondary N) is 1. The minimum atomic E-state index is -4.96. The molecular formula is C26H28ClFN2O8S. The summed E-state index contributed by atoms with van der Waals surface area (Å²) in [6, 6.07) is 13.2. The van der Waals surface area contributed by atoms with Crippen LogP contribution in [-0.4, -0.2) is 46.8 Å². The van der Waals surface area contributed by atoms with Gasteiger partial charge in [-0.3, -0.25) is 4.79 Å². The molecule has 3 rings (SSSR count).